The highest BCUT2D eigenvalue weighted by Crippen LogP contribution is 2.03. The fourth-order valence-corrected chi connectivity index (χ4v) is 2.49. The number of piperazine rings is 2. The zero-order chi connectivity index (χ0) is 12.1. The Morgan fingerprint density at radius 2 is 0.941 bits per heavy atom. The molecule has 4 radical (unpaired) electrons. The SMILES string of the molecule is [B]N1CCN(CCCN2CCN([B])CC2)CC1. The van der Waals surface area contributed by atoms with Gasteiger partial charge in [-0.05, 0) is 45.7 Å². The lowest BCUT2D eigenvalue weighted by atomic mass is 10.2. The van der Waals surface area contributed by atoms with Crippen LogP contribution in [0.3, 0.4) is 0 Å². The van der Waals surface area contributed by atoms with Crippen molar-refractivity contribution in [2.75, 3.05) is 65.4 Å². The predicted octanol–water partition coefficient (Wildman–Crippen LogP) is -1.22. The quantitative estimate of drug-likeness (QED) is 0.563. The highest BCUT2D eigenvalue weighted by atomic mass is 15.2. The summed E-state index contributed by atoms with van der Waals surface area (Å²) in [5.74, 6) is 0. The van der Waals surface area contributed by atoms with Gasteiger partial charge in [0.1, 0.15) is 0 Å². The molecule has 0 saturated carbocycles. The summed E-state index contributed by atoms with van der Waals surface area (Å²) in [5, 5.41) is 0. The third kappa shape index (κ3) is 4.62. The lowest BCUT2D eigenvalue weighted by Crippen LogP contribution is -2.47. The molecule has 0 amide bonds. The van der Waals surface area contributed by atoms with E-state index in [1.807, 2.05) is 9.62 Å². The van der Waals surface area contributed by atoms with E-state index in [0.717, 1.165) is 52.4 Å². The van der Waals surface area contributed by atoms with Crippen molar-refractivity contribution in [1.82, 2.24) is 19.4 Å². The van der Waals surface area contributed by atoms with E-state index >= 15 is 0 Å². The average molecular weight is 232 g/mol. The third-order valence-electron chi connectivity index (χ3n) is 3.76. The van der Waals surface area contributed by atoms with Crippen LogP contribution >= 0.6 is 0 Å². The molecule has 0 aromatic carbocycles. The normalized spacial score (nSPS) is 26.4. The second-order valence-corrected chi connectivity index (χ2v) is 5.11. The lowest BCUT2D eigenvalue weighted by Gasteiger charge is -2.35. The Balaban J connectivity index is 1.54. The molecule has 0 spiro atoms. The largest absolute Gasteiger partial charge is 0.351 e. The van der Waals surface area contributed by atoms with Crippen molar-refractivity contribution < 1.29 is 0 Å². The Kier molecular flexibility index (Phi) is 5.35. The van der Waals surface area contributed by atoms with Crippen molar-refractivity contribution in [2.45, 2.75) is 6.42 Å². The first kappa shape index (κ1) is 13.4. The second-order valence-electron chi connectivity index (χ2n) is 5.11. The number of nitrogens with zero attached hydrogens (tertiary/aromatic N) is 4. The van der Waals surface area contributed by atoms with Gasteiger partial charge in [0.25, 0.3) is 0 Å². The van der Waals surface area contributed by atoms with Crippen molar-refractivity contribution in [3.8, 4) is 0 Å². The van der Waals surface area contributed by atoms with Gasteiger partial charge in [-0.1, -0.05) is 0 Å². The maximum Gasteiger partial charge on any atom is 0.182 e. The Labute approximate surface area is 108 Å². The molecule has 4 nitrogen and oxygen atoms in total. The number of hydrogen-bond acceptors (Lipinski definition) is 4. The first-order chi connectivity index (χ1) is 8.24. The molecule has 2 fully saturated rings. The van der Waals surface area contributed by atoms with Crippen LogP contribution in [-0.2, 0) is 0 Å². The molecule has 0 aromatic rings. The second kappa shape index (κ2) is 6.78. The Morgan fingerprint density at radius 1 is 0.588 bits per heavy atom. The molecule has 2 rings (SSSR count). The van der Waals surface area contributed by atoms with Crippen molar-refractivity contribution in [1.29, 1.82) is 0 Å². The lowest BCUT2D eigenvalue weighted by molar-refractivity contribution is 0.158. The van der Waals surface area contributed by atoms with Gasteiger partial charge in [0.05, 0.1) is 0 Å². The van der Waals surface area contributed by atoms with Crippen molar-refractivity contribution in [2.24, 2.45) is 0 Å². The monoisotopic (exact) mass is 232 g/mol. The van der Waals surface area contributed by atoms with Crippen LogP contribution in [0, 0.1) is 0 Å². The van der Waals surface area contributed by atoms with Crippen LogP contribution in [0.25, 0.3) is 0 Å². The summed E-state index contributed by atoms with van der Waals surface area (Å²) in [5.41, 5.74) is 0. The van der Waals surface area contributed by atoms with Gasteiger partial charge in [0, 0.05) is 26.2 Å². The van der Waals surface area contributed by atoms with Gasteiger partial charge in [-0.15, -0.1) is 0 Å². The van der Waals surface area contributed by atoms with Crippen LogP contribution in [0.5, 0.6) is 0 Å². The molecule has 2 aliphatic rings. The molecule has 0 bridgehead atoms. The summed E-state index contributed by atoms with van der Waals surface area (Å²) in [6.45, 7) is 10.9. The van der Waals surface area contributed by atoms with Gasteiger partial charge in [0.2, 0.25) is 0 Å². The van der Waals surface area contributed by atoms with Crippen LogP contribution in [0.1, 0.15) is 6.42 Å². The van der Waals surface area contributed by atoms with Gasteiger partial charge < -0.3 is 19.4 Å². The van der Waals surface area contributed by atoms with Gasteiger partial charge in [-0.2, -0.15) is 0 Å². The van der Waals surface area contributed by atoms with Gasteiger partial charge in [-0.25, -0.2) is 0 Å². The predicted molar refractivity (Wildman–Crippen MR) is 72.2 cm³/mol. The molecule has 0 aliphatic carbocycles. The van der Waals surface area contributed by atoms with Crippen molar-refractivity contribution >= 4 is 16.0 Å². The minimum atomic E-state index is 1.01. The van der Waals surface area contributed by atoms with E-state index in [1.165, 1.54) is 19.5 Å². The topological polar surface area (TPSA) is 13.0 Å². The summed E-state index contributed by atoms with van der Waals surface area (Å²) in [6.07, 6.45) is 1.26. The third-order valence-corrected chi connectivity index (χ3v) is 3.76. The summed E-state index contributed by atoms with van der Waals surface area (Å²) in [6, 6.07) is 0. The minimum Gasteiger partial charge on any atom is -0.351 e. The highest BCUT2D eigenvalue weighted by Gasteiger charge is 2.15. The average Bonchev–Trinajstić information content (AvgIpc) is 2.34. The van der Waals surface area contributed by atoms with E-state index in [9.17, 15) is 0 Å². The standard InChI is InChI=1S/C11H22B2N4/c12-16-8-4-14(5-9-16)2-1-3-15-6-10-17(13)11-7-15/h1-11H2. The molecule has 2 saturated heterocycles. The van der Waals surface area contributed by atoms with Crippen LogP contribution in [0.2, 0.25) is 0 Å². The molecule has 17 heavy (non-hydrogen) atoms. The highest BCUT2D eigenvalue weighted by molar-refractivity contribution is 6.04. The molecule has 0 N–H and O–H groups in total. The molecule has 0 unspecified atom stereocenters. The van der Waals surface area contributed by atoms with E-state index in [4.69, 9.17) is 16.0 Å². The molecular weight excluding hydrogens is 210 g/mol. The Morgan fingerprint density at radius 3 is 1.29 bits per heavy atom. The van der Waals surface area contributed by atoms with Crippen LogP contribution in [-0.4, -0.2) is 101 Å². The molecular formula is C11H22B2N4. The van der Waals surface area contributed by atoms with E-state index in [1.54, 1.807) is 0 Å². The molecule has 0 aromatic heterocycles. The zero-order valence-electron chi connectivity index (χ0n) is 10.7. The maximum absolute atomic E-state index is 5.74. The summed E-state index contributed by atoms with van der Waals surface area (Å²) >= 11 is 0. The van der Waals surface area contributed by atoms with Crippen LogP contribution < -0.4 is 0 Å². The van der Waals surface area contributed by atoms with Gasteiger partial charge in [-0.3, -0.25) is 0 Å². The molecule has 6 heteroatoms. The van der Waals surface area contributed by atoms with Crippen LogP contribution in [0.4, 0.5) is 0 Å². The summed E-state index contributed by atoms with van der Waals surface area (Å²) in [4.78, 5) is 8.86. The van der Waals surface area contributed by atoms with Crippen LogP contribution in [0.15, 0.2) is 0 Å². The van der Waals surface area contributed by atoms with Crippen molar-refractivity contribution in [3.05, 3.63) is 0 Å². The Bertz CT molecular complexity index is 192. The fourth-order valence-electron chi connectivity index (χ4n) is 2.49. The molecule has 92 valence electrons. The smallest absolute Gasteiger partial charge is 0.182 e. The summed E-state index contributed by atoms with van der Waals surface area (Å²) < 4.78 is 0. The van der Waals surface area contributed by atoms with Crippen molar-refractivity contribution in [3.63, 3.8) is 0 Å². The van der Waals surface area contributed by atoms with E-state index < -0.39 is 0 Å². The van der Waals surface area contributed by atoms with Gasteiger partial charge >= 0.3 is 0 Å². The first-order valence-electron chi connectivity index (χ1n) is 6.68. The zero-order valence-corrected chi connectivity index (χ0v) is 10.7. The van der Waals surface area contributed by atoms with E-state index in [-0.39, 0.29) is 0 Å². The van der Waals surface area contributed by atoms with E-state index in [2.05, 4.69) is 9.80 Å². The molecule has 0 atom stereocenters. The number of hydrogen-bond donors (Lipinski definition) is 0. The summed E-state index contributed by atoms with van der Waals surface area (Å²) in [7, 11) is 11.5. The Hall–Kier alpha value is -0.0301. The minimum absolute atomic E-state index is 1.01. The molecule has 2 heterocycles. The van der Waals surface area contributed by atoms with Gasteiger partial charge in [0.15, 0.2) is 16.0 Å². The molecule has 2 aliphatic heterocycles. The first-order valence-corrected chi connectivity index (χ1v) is 6.68. The maximum atomic E-state index is 5.74. The fraction of sp³-hybridized carbons (Fsp3) is 1.00. The van der Waals surface area contributed by atoms with E-state index in [0.29, 0.717) is 0 Å². The number of rotatable bonds is 4.